The fourth-order valence-corrected chi connectivity index (χ4v) is 4.97. The van der Waals surface area contributed by atoms with Crippen molar-refractivity contribution in [3.05, 3.63) is 25.0 Å². The van der Waals surface area contributed by atoms with Gasteiger partial charge in [-0.3, -0.25) is 19.3 Å². The average Bonchev–Trinajstić information content (AvgIpc) is 2.89. The van der Waals surface area contributed by atoms with Gasteiger partial charge in [0, 0.05) is 38.3 Å². The number of aliphatic hydroxyl groups is 1. The van der Waals surface area contributed by atoms with E-state index in [2.05, 4.69) is 18.5 Å². The molecule has 0 heterocycles. The van der Waals surface area contributed by atoms with E-state index in [1.54, 1.807) is 0 Å². The summed E-state index contributed by atoms with van der Waals surface area (Å²) in [5, 5.41) is 12.1. The van der Waals surface area contributed by atoms with E-state index in [9.17, 15) is 19.2 Å². The first-order valence-corrected chi connectivity index (χ1v) is 13.5. The van der Waals surface area contributed by atoms with Crippen molar-refractivity contribution < 1.29 is 24.3 Å². The van der Waals surface area contributed by atoms with E-state index in [1.807, 2.05) is 0 Å². The summed E-state index contributed by atoms with van der Waals surface area (Å²) >= 11 is 0. The fourth-order valence-electron chi connectivity index (χ4n) is 4.97. The number of allylic oxidation sites excluding steroid dienone is 1. The number of nitrogens with one attached hydrogen (secondary N) is 1. The Morgan fingerprint density at radius 1 is 0.972 bits per heavy atom. The lowest BCUT2D eigenvalue weighted by atomic mass is 9.81. The number of hydrogen-bond donors (Lipinski definition) is 3. The minimum atomic E-state index is -0.359. The highest BCUT2D eigenvalue weighted by molar-refractivity contribution is 5.99. The van der Waals surface area contributed by atoms with E-state index >= 15 is 0 Å². The van der Waals surface area contributed by atoms with Crippen LogP contribution in [0.3, 0.4) is 0 Å². The third-order valence-electron chi connectivity index (χ3n) is 7.43. The lowest BCUT2D eigenvalue weighted by molar-refractivity contribution is -0.141. The molecular formula is C28H47N3O5. The standard InChI is InChI=1S/C19H30N2O4.C9H17NO/c1-3-18(24)21(15(2)23)14-16-8-10-17(11-9-16)19(25)20-12-6-4-5-7-13-22;1-7(11)9-4-2-8(6-10)3-5-9/h3,13,16-17H,1,4-12,14H2,2H3,(H,20,25);8-9,11H,1-6,10H2. The smallest absolute Gasteiger partial charge is 0.252 e. The van der Waals surface area contributed by atoms with Crippen molar-refractivity contribution in [3.8, 4) is 0 Å². The Labute approximate surface area is 216 Å². The maximum atomic E-state index is 12.2. The number of nitrogens with two attached hydrogens (primary N) is 1. The predicted molar refractivity (Wildman–Crippen MR) is 142 cm³/mol. The van der Waals surface area contributed by atoms with E-state index in [-0.39, 0.29) is 29.6 Å². The lowest BCUT2D eigenvalue weighted by Gasteiger charge is -2.30. The molecule has 2 rings (SSSR count). The van der Waals surface area contributed by atoms with Crippen molar-refractivity contribution in [3.63, 3.8) is 0 Å². The normalized spacial score (nSPS) is 23.4. The van der Waals surface area contributed by atoms with Crippen LogP contribution in [0, 0.1) is 23.7 Å². The molecule has 2 aliphatic rings. The van der Waals surface area contributed by atoms with Gasteiger partial charge in [0.15, 0.2) is 0 Å². The third-order valence-corrected chi connectivity index (χ3v) is 7.43. The van der Waals surface area contributed by atoms with Crippen LogP contribution in [-0.2, 0) is 19.2 Å². The number of amides is 3. The topological polar surface area (TPSA) is 130 Å². The van der Waals surface area contributed by atoms with Gasteiger partial charge in [0.25, 0.3) is 5.91 Å². The molecule has 2 aliphatic carbocycles. The second kappa shape index (κ2) is 17.9. The molecule has 0 aromatic rings. The summed E-state index contributed by atoms with van der Waals surface area (Å²) in [7, 11) is 0. The molecule has 2 fully saturated rings. The Morgan fingerprint density at radius 3 is 2.06 bits per heavy atom. The molecule has 0 aromatic heterocycles. The minimum Gasteiger partial charge on any atom is -0.513 e. The minimum absolute atomic E-state index is 0.0205. The average molecular weight is 506 g/mol. The highest BCUT2D eigenvalue weighted by Crippen LogP contribution is 2.31. The Hall–Kier alpha value is -2.48. The Bertz CT molecular complexity index is 723. The first-order chi connectivity index (χ1) is 17.2. The molecule has 0 aliphatic heterocycles. The summed E-state index contributed by atoms with van der Waals surface area (Å²) in [5.74, 6) is 1.14. The molecule has 8 nitrogen and oxygen atoms in total. The van der Waals surface area contributed by atoms with Gasteiger partial charge in [0.05, 0.1) is 5.76 Å². The monoisotopic (exact) mass is 505 g/mol. The molecule has 8 heteroatoms. The number of aldehydes is 1. The molecule has 0 bridgehead atoms. The number of hydrogen-bond acceptors (Lipinski definition) is 6. The van der Waals surface area contributed by atoms with Crippen LogP contribution in [0.25, 0.3) is 0 Å². The summed E-state index contributed by atoms with van der Waals surface area (Å²) in [6.45, 7) is 10.2. The number of carbonyl (C=O) groups excluding carboxylic acids is 4. The maximum Gasteiger partial charge on any atom is 0.252 e. The molecule has 3 amide bonds. The van der Waals surface area contributed by atoms with Gasteiger partial charge in [-0.1, -0.05) is 19.6 Å². The van der Waals surface area contributed by atoms with Crippen molar-refractivity contribution in [2.75, 3.05) is 19.6 Å². The van der Waals surface area contributed by atoms with Crippen molar-refractivity contribution in [1.29, 1.82) is 0 Å². The molecule has 0 radical (unpaired) electrons. The zero-order valence-electron chi connectivity index (χ0n) is 22.1. The molecule has 0 atom stereocenters. The summed E-state index contributed by atoms with van der Waals surface area (Å²) < 4.78 is 0. The summed E-state index contributed by atoms with van der Waals surface area (Å²) in [5.41, 5.74) is 5.54. The van der Waals surface area contributed by atoms with Gasteiger partial charge in [0.1, 0.15) is 6.29 Å². The summed E-state index contributed by atoms with van der Waals surface area (Å²) in [4.78, 5) is 46.9. The molecule has 0 unspecified atom stereocenters. The maximum absolute atomic E-state index is 12.2. The molecule has 36 heavy (non-hydrogen) atoms. The van der Waals surface area contributed by atoms with E-state index < -0.39 is 0 Å². The van der Waals surface area contributed by atoms with Crippen LogP contribution in [0.1, 0.15) is 84.0 Å². The summed E-state index contributed by atoms with van der Waals surface area (Å²) in [6, 6.07) is 0. The Kier molecular flexibility index (Phi) is 15.7. The number of carbonyl (C=O) groups is 4. The molecule has 2 saturated carbocycles. The van der Waals surface area contributed by atoms with E-state index in [0.29, 0.717) is 37.1 Å². The Morgan fingerprint density at radius 2 is 1.56 bits per heavy atom. The largest absolute Gasteiger partial charge is 0.513 e. The second-order valence-corrected chi connectivity index (χ2v) is 10.1. The van der Waals surface area contributed by atoms with Crippen molar-refractivity contribution in [2.24, 2.45) is 29.4 Å². The quantitative estimate of drug-likeness (QED) is 0.159. The predicted octanol–water partition coefficient (Wildman–Crippen LogP) is 4.05. The van der Waals surface area contributed by atoms with Gasteiger partial charge in [-0.2, -0.15) is 0 Å². The van der Waals surface area contributed by atoms with E-state index in [0.717, 1.165) is 89.5 Å². The fraction of sp³-hybridized carbons (Fsp3) is 0.714. The van der Waals surface area contributed by atoms with Gasteiger partial charge in [-0.15, -0.1) is 0 Å². The highest BCUT2D eigenvalue weighted by atomic mass is 16.3. The van der Waals surface area contributed by atoms with Gasteiger partial charge < -0.3 is 21.0 Å². The van der Waals surface area contributed by atoms with Crippen LogP contribution in [0.5, 0.6) is 0 Å². The first-order valence-electron chi connectivity index (χ1n) is 13.5. The SMILES string of the molecule is C=C(O)C1CCC(CN)CC1.C=CC(=O)N(CC1CCC(C(=O)NCCCCCC=O)CC1)C(C)=O. The van der Waals surface area contributed by atoms with E-state index in [4.69, 9.17) is 10.8 Å². The number of nitrogens with zero attached hydrogens (tertiary/aromatic N) is 1. The number of rotatable bonds is 12. The molecule has 4 N–H and O–H groups in total. The van der Waals surface area contributed by atoms with Crippen LogP contribution in [0.4, 0.5) is 0 Å². The van der Waals surface area contributed by atoms with Gasteiger partial charge in [0.2, 0.25) is 11.8 Å². The van der Waals surface area contributed by atoms with Gasteiger partial charge in [-0.25, -0.2) is 0 Å². The highest BCUT2D eigenvalue weighted by Gasteiger charge is 2.29. The third kappa shape index (κ3) is 12.0. The van der Waals surface area contributed by atoms with Crippen LogP contribution in [-0.4, -0.2) is 53.6 Å². The van der Waals surface area contributed by atoms with Crippen LogP contribution >= 0.6 is 0 Å². The number of aliphatic hydroxyl groups excluding tert-OH is 1. The number of imide groups is 1. The van der Waals surface area contributed by atoms with Crippen LogP contribution in [0.15, 0.2) is 25.0 Å². The zero-order chi connectivity index (χ0) is 26.9. The van der Waals surface area contributed by atoms with Crippen LogP contribution < -0.4 is 11.1 Å². The summed E-state index contributed by atoms with van der Waals surface area (Å²) in [6.07, 6.45) is 13.1. The molecule has 204 valence electrons. The van der Waals surface area contributed by atoms with Crippen molar-refractivity contribution in [2.45, 2.75) is 84.0 Å². The Balaban J connectivity index is 0.000000488. The number of unbranched alkanes of at least 4 members (excludes halogenated alkanes) is 3. The molecular weight excluding hydrogens is 458 g/mol. The van der Waals surface area contributed by atoms with Gasteiger partial charge in [-0.05, 0) is 88.7 Å². The van der Waals surface area contributed by atoms with Crippen molar-refractivity contribution in [1.82, 2.24) is 10.2 Å². The van der Waals surface area contributed by atoms with E-state index in [1.165, 1.54) is 11.8 Å². The van der Waals surface area contributed by atoms with Crippen molar-refractivity contribution >= 4 is 24.0 Å². The molecule has 0 saturated heterocycles. The molecule has 0 aromatic carbocycles. The second-order valence-electron chi connectivity index (χ2n) is 10.1. The zero-order valence-corrected chi connectivity index (χ0v) is 22.1. The first kappa shape index (κ1) is 31.5. The van der Waals surface area contributed by atoms with Gasteiger partial charge >= 0.3 is 0 Å². The van der Waals surface area contributed by atoms with Crippen LogP contribution in [0.2, 0.25) is 0 Å². The lowest BCUT2D eigenvalue weighted by Crippen LogP contribution is -2.40. The molecule has 0 spiro atoms.